The topological polar surface area (TPSA) is 44.1 Å². The maximum atomic E-state index is 12.2. The number of benzene rings is 1. The molecule has 0 amide bonds. The van der Waals surface area contributed by atoms with Crippen LogP contribution in [0.15, 0.2) is 24.3 Å². The van der Waals surface area contributed by atoms with E-state index in [4.69, 9.17) is 27.9 Å². The molecule has 0 fully saturated rings. The monoisotopic (exact) mass is 404 g/mol. The molecule has 1 heterocycles. The molecule has 4 nitrogen and oxygen atoms in total. The largest absolute Gasteiger partial charge is 0.442 e. The van der Waals surface area contributed by atoms with Crippen LogP contribution in [0.3, 0.4) is 0 Å². The maximum absolute atomic E-state index is 12.2. The number of alkyl halides is 1. The van der Waals surface area contributed by atoms with Crippen molar-refractivity contribution in [3.8, 4) is 11.3 Å². The summed E-state index contributed by atoms with van der Waals surface area (Å²) in [5.41, 5.74) is 1.37. The Morgan fingerprint density at radius 3 is 2.55 bits per heavy atom. The second kappa shape index (κ2) is 6.60. The molecular weight excluding hydrogens is 391 g/mol. The van der Waals surface area contributed by atoms with E-state index in [1.807, 2.05) is 0 Å². The number of hydrogen-bond donors (Lipinski definition) is 0. The van der Waals surface area contributed by atoms with E-state index in [1.54, 1.807) is 45.0 Å². The highest BCUT2D eigenvalue weighted by Gasteiger charge is 2.22. The molecule has 2 aromatic rings. The van der Waals surface area contributed by atoms with Crippen LogP contribution in [0, 0.1) is 0 Å². The molecule has 0 saturated heterocycles. The smallest absolute Gasteiger partial charge is 0.435 e. The number of aromatic nitrogens is 2. The third-order valence-corrected chi connectivity index (χ3v) is 3.82. The van der Waals surface area contributed by atoms with E-state index < -0.39 is 11.7 Å². The van der Waals surface area contributed by atoms with Gasteiger partial charge in [0.1, 0.15) is 5.60 Å². The van der Waals surface area contributed by atoms with Crippen molar-refractivity contribution >= 4 is 45.2 Å². The predicted molar refractivity (Wildman–Crippen MR) is 91.9 cm³/mol. The van der Waals surface area contributed by atoms with Gasteiger partial charge < -0.3 is 4.74 Å². The summed E-state index contributed by atoms with van der Waals surface area (Å²) in [7, 11) is 0. The average Bonchev–Trinajstić information content (AvgIpc) is 2.80. The Hall–Kier alpha value is -1.04. The molecule has 22 heavy (non-hydrogen) atoms. The van der Waals surface area contributed by atoms with E-state index in [-0.39, 0.29) is 0 Å². The molecule has 0 N–H and O–H groups in total. The van der Waals surface area contributed by atoms with Crippen LogP contribution in [-0.4, -0.2) is 21.5 Å². The summed E-state index contributed by atoms with van der Waals surface area (Å²) in [5.74, 6) is 0. The number of carbonyl (C=O) groups excluding carboxylic acids is 1. The lowest BCUT2D eigenvalue weighted by Gasteiger charge is -2.19. The van der Waals surface area contributed by atoms with Gasteiger partial charge in [-0.15, -0.1) is 0 Å². The Kier molecular flexibility index (Phi) is 5.20. The van der Waals surface area contributed by atoms with Gasteiger partial charge in [0, 0.05) is 15.9 Å². The molecule has 118 valence electrons. The average molecular weight is 406 g/mol. The van der Waals surface area contributed by atoms with Crippen molar-refractivity contribution in [1.82, 2.24) is 9.78 Å². The van der Waals surface area contributed by atoms with Gasteiger partial charge in [0.2, 0.25) is 0 Å². The highest BCUT2D eigenvalue weighted by molar-refractivity contribution is 9.08. The summed E-state index contributed by atoms with van der Waals surface area (Å²) >= 11 is 15.4. The van der Waals surface area contributed by atoms with E-state index >= 15 is 0 Å². The van der Waals surface area contributed by atoms with Crippen LogP contribution in [0.1, 0.15) is 26.5 Å². The summed E-state index contributed by atoms with van der Waals surface area (Å²) in [6.45, 7) is 5.41. The minimum Gasteiger partial charge on any atom is -0.442 e. The highest BCUT2D eigenvalue weighted by atomic mass is 79.9. The third kappa shape index (κ3) is 4.03. The van der Waals surface area contributed by atoms with Crippen LogP contribution >= 0.6 is 39.1 Å². The van der Waals surface area contributed by atoms with Crippen molar-refractivity contribution < 1.29 is 9.53 Å². The Morgan fingerprint density at radius 2 is 2.00 bits per heavy atom. The van der Waals surface area contributed by atoms with Gasteiger partial charge in [-0.1, -0.05) is 39.1 Å². The van der Waals surface area contributed by atoms with Gasteiger partial charge in [-0.05, 0) is 45.0 Å². The molecule has 7 heteroatoms. The molecule has 0 saturated carbocycles. The van der Waals surface area contributed by atoms with Crippen molar-refractivity contribution in [2.24, 2.45) is 0 Å². The fourth-order valence-corrected chi connectivity index (χ4v) is 2.71. The first-order valence-corrected chi connectivity index (χ1v) is 8.42. The van der Waals surface area contributed by atoms with Crippen LogP contribution in [-0.2, 0) is 10.1 Å². The standard InChI is InChI=1S/C15H15BrCl2N2O2/c1-15(2,3)22-14(21)20-10(8-16)7-13(19-20)11-5-4-9(17)6-12(11)18/h4-7H,8H2,1-3H3. The van der Waals surface area contributed by atoms with Gasteiger partial charge in [0.15, 0.2) is 0 Å². The summed E-state index contributed by atoms with van der Waals surface area (Å²) in [6.07, 6.45) is -0.529. The highest BCUT2D eigenvalue weighted by Crippen LogP contribution is 2.30. The minimum atomic E-state index is -0.593. The van der Waals surface area contributed by atoms with E-state index in [2.05, 4.69) is 21.0 Å². The molecule has 1 aromatic heterocycles. The van der Waals surface area contributed by atoms with Gasteiger partial charge in [-0.3, -0.25) is 0 Å². The number of ether oxygens (including phenoxy) is 1. The van der Waals surface area contributed by atoms with Crippen molar-refractivity contribution in [1.29, 1.82) is 0 Å². The van der Waals surface area contributed by atoms with E-state index in [0.717, 1.165) is 0 Å². The van der Waals surface area contributed by atoms with Crippen molar-refractivity contribution in [3.05, 3.63) is 40.0 Å². The summed E-state index contributed by atoms with van der Waals surface area (Å²) < 4.78 is 6.59. The maximum Gasteiger partial charge on any atom is 0.435 e. The number of rotatable bonds is 2. The normalized spacial score (nSPS) is 11.5. The Labute approximate surface area is 147 Å². The third-order valence-electron chi connectivity index (χ3n) is 2.69. The number of carbonyl (C=O) groups is 1. The molecule has 1 aromatic carbocycles. The number of hydrogen-bond acceptors (Lipinski definition) is 3. The molecule has 0 spiro atoms. The minimum absolute atomic E-state index is 0.463. The summed E-state index contributed by atoms with van der Waals surface area (Å²) in [4.78, 5) is 12.2. The summed E-state index contributed by atoms with van der Waals surface area (Å²) in [6, 6.07) is 6.92. The molecule has 0 unspecified atom stereocenters. The summed E-state index contributed by atoms with van der Waals surface area (Å²) in [5, 5.41) is 5.79. The predicted octanol–water partition coefficient (Wildman–Crippen LogP) is 5.54. The van der Waals surface area contributed by atoms with E-state index in [1.165, 1.54) is 4.68 Å². The molecule has 0 atom stereocenters. The molecule has 0 radical (unpaired) electrons. The SMILES string of the molecule is CC(C)(C)OC(=O)n1nc(-c2ccc(Cl)cc2Cl)cc1CBr. The van der Waals surface area contributed by atoms with Crippen LogP contribution in [0.25, 0.3) is 11.3 Å². The lowest BCUT2D eigenvalue weighted by atomic mass is 10.1. The quantitative estimate of drug-likeness (QED) is 0.616. The van der Waals surface area contributed by atoms with Gasteiger partial charge in [-0.25, -0.2) is 4.79 Å². The van der Waals surface area contributed by atoms with Crippen molar-refractivity contribution in [2.75, 3.05) is 0 Å². The molecular formula is C15H15BrCl2N2O2. The zero-order chi connectivity index (χ0) is 16.5. The first kappa shape index (κ1) is 17.3. The second-order valence-corrected chi connectivity index (χ2v) is 7.08. The molecule has 0 aliphatic carbocycles. The first-order chi connectivity index (χ1) is 10.2. The second-order valence-electron chi connectivity index (χ2n) is 5.67. The van der Waals surface area contributed by atoms with Gasteiger partial charge in [-0.2, -0.15) is 9.78 Å². The van der Waals surface area contributed by atoms with E-state index in [0.29, 0.717) is 32.3 Å². The lowest BCUT2D eigenvalue weighted by molar-refractivity contribution is 0.0511. The van der Waals surface area contributed by atoms with Gasteiger partial charge >= 0.3 is 6.09 Å². The zero-order valence-corrected chi connectivity index (χ0v) is 15.5. The van der Waals surface area contributed by atoms with Gasteiger partial charge in [0.25, 0.3) is 0 Å². The van der Waals surface area contributed by atoms with Crippen LogP contribution in [0.2, 0.25) is 10.0 Å². The number of nitrogens with zero attached hydrogens (tertiary/aromatic N) is 2. The first-order valence-electron chi connectivity index (χ1n) is 6.55. The van der Waals surface area contributed by atoms with Crippen LogP contribution in [0.5, 0.6) is 0 Å². The fourth-order valence-electron chi connectivity index (χ4n) is 1.81. The molecule has 0 bridgehead atoms. The fraction of sp³-hybridized carbons (Fsp3) is 0.333. The molecule has 2 rings (SSSR count). The lowest BCUT2D eigenvalue weighted by Crippen LogP contribution is -2.28. The van der Waals surface area contributed by atoms with E-state index in [9.17, 15) is 4.79 Å². The van der Waals surface area contributed by atoms with Crippen molar-refractivity contribution in [2.45, 2.75) is 31.7 Å². The Morgan fingerprint density at radius 1 is 1.32 bits per heavy atom. The Bertz CT molecular complexity index is 708. The van der Waals surface area contributed by atoms with Crippen molar-refractivity contribution in [3.63, 3.8) is 0 Å². The number of halogens is 3. The molecule has 0 aliphatic rings. The Balaban J connectivity index is 2.42. The zero-order valence-electron chi connectivity index (χ0n) is 12.4. The van der Waals surface area contributed by atoms with Crippen LogP contribution < -0.4 is 0 Å². The van der Waals surface area contributed by atoms with Gasteiger partial charge in [0.05, 0.1) is 16.4 Å². The molecule has 0 aliphatic heterocycles. The van der Waals surface area contributed by atoms with Crippen LogP contribution in [0.4, 0.5) is 4.79 Å².